The lowest BCUT2D eigenvalue weighted by Gasteiger charge is -2.13. The number of rotatable bonds is 5. The van der Waals surface area contributed by atoms with Gasteiger partial charge in [0.1, 0.15) is 0 Å². The Morgan fingerprint density at radius 3 is 2.88 bits per heavy atom. The highest BCUT2D eigenvalue weighted by atomic mass is 16.6. The van der Waals surface area contributed by atoms with Gasteiger partial charge in [0.05, 0.1) is 4.92 Å². The molecule has 1 heterocycles. The van der Waals surface area contributed by atoms with Gasteiger partial charge in [-0.3, -0.25) is 10.1 Å². The Hall–Kier alpha value is -1.69. The minimum Gasteiger partial charge on any atom is -0.396 e. The molecule has 0 saturated heterocycles. The van der Waals surface area contributed by atoms with Crippen molar-refractivity contribution in [3.8, 4) is 0 Å². The Morgan fingerprint density at radius 1 is 1.62 bits per heavy atom. The van der Waals surface area contributed by atoms with Crippen molar-refractivity contribution >= 4 is 11.5 Å². The second-order valence-corrected chi connectivity index (χ2v) is 3.64. The molecule has 0 bridgehead atoms. The molecule has 0 aliphatic carbocycles. The molecular formula is C10H15N3O3. The van der Waals surface area contributed by atoms with Crippen LogP contribution in [0.15, 0.2) is 12.1 Å². The lowest BCUT2D eigenvalue weighted by molar-refractivity contribution is -0.384. The molecule has 6 nitrogen and oxygen atoms in total. The topological polar surface area (TPSA) is 88.3 Å². The van der Waals surface area contributed by atoms with Crippen molar-refractivity contribution in [3.63, 3.8) is 0 Å². The van der Waals surface area contributed by atoms with Crippen molar-refractivity contribution in [1.82, 2.24) is 4.98 Å². The van der Waals surface area contributed by atoms with Gasteiger partial charge in [-0.25, -0.2) is 4.98 Å². The summed E-state index contributed by atoms with van der Waals surface area (Å²) in [4.78, 5) is 14.4. The predicted molar refractivity (Wildman–Crippen MR) is 60.4 cm³/mol. The van der Waals surface area contributed by atoms with Crippen LogP contribution >= 0.6 is 0 Å². The Balaban J connectivity index is 2.92. The average Bonchev–Trinajstić information content (AvgIpc) is 2.17. The number of aliphatic hydroxyl groups is 1. The normalized spacial score (nSPS) is 12.2. The highest BCUT2D eigenvalue weighted by Crippen LogP contribution is 2.22. The molecule has 88 valence electrons. The van der Waals surface area contributed by atoms with Crippen molar-refractivity contribution < 1.29 is 10.0 Å². The summed E-state index contributed by atoms with van der Waals surface area (Å²) in [7, 11) is 0. The summed E-state index contributed by atoms with van der Waals surface area (Å²) in [5, 5.41) is 22.4. The summed E-state index contributed by atoms with van der Waals surface area (Å²) in [6.45, 7) is 3.64. The molecule has 0 aromatic carbocycles. The molecule has 0 saturated carbocycles. The number of aryl methyl sites for hydroxylation is 1. The van der Waals surface area contributed by atoms with Crippen molar-refractivity contribution in [2.45, 2.75) is 26.3 Å². The first-order valence-corrected chi connectivity index (χ1v) is 5.04. The third-order valence-electron chi connectivity index (χ3n) is 2.16. The van der Waals surface area contributed by atoms with Gasteiger partial charge in [-0.2, -0.15) is 0 Å². The van der Waals surface area contributed by atoms with Crippen LogP contribution in [0.25, 0.3) is 0 Å². The smallest absolute Gasteiger partial charge is 0.311 e. The summed E-state index contributed by atoms with van der Waals surface area (Å²) in [6, 6.07) is 2.97. The molecule has 2 N–H and O–H groups in total. The van der Waals surface area contributed by atoms with Crippen LogP contribution in [-0.2, 0) is 0 Å². The molecule has 0 radical (unpaired) electrons. The number of hydrogen-bond donors (Lipinski definition) is 2. The van der Waals surface area contributed by atoms with Crippen molar-refractivity contribution in [1.29, 1.82) is 0 Å². The van der Waals surface area contributed by atoms with Crippen LogP contribution in [0, 0.1) is 17.0 Å². The van der Waals surface area contributed by atoms with Gasteiger partial charge in [0.15, 0.2) is 0 Å². The molecule has 6 heteroatoms. The minimum atomic E-state index is -0.472. The van der Waals surface area contributed by atoms with E-state index in [1.54, 1.807) is 13.0 Å². The molecule has 0 aliphatic rings. The second kappa shape index (κ2) is 5.41. The van der Waals surface area contributed by atoms with Gasteiger partial charge < -0.3 is 10.4 Å². The molecule has 0 spiro atoms. The minimum absolute atomic E-state index is 0.0355. The Kier molecular flexibility index (Phi) is 4.19. The number of nitrogens with zero attached hydrogens (tertiary/aromatic N) is 2. The highest BCUT2D eigenvalue weighted by Gasteiger charge is 2.16. The first-order valence-electron chi connectivity index (χ1n) is 5.04. The van der Waals surface area contributed by atoms with Gasteiger partial charge >= 0.3 is 5.69 Å². The molecule has 1 aromatic rings. The first kappa shape index (κ1) is 12.4. The average molecular weight is 225 g/mol. The molecule has 0 amide bonds. The summed E-state index contributed by atoms with van der Waals surface area (Å²) in [6.07, 6.45) is 0.521. The van der Waals surface area contributed by atoms with Gasteiger partial charge in [0, 0.05) is 24.4 Å². The molecule has 16 heavy (non-hydrogen) atoms. The number of pyridine rings is 1. The van der Waals surface area contributed by atoms with Gasteiger partial charge in [-0.15, -0.1) is 0 Å². The van der Waals surface area contributed by atoms with E-state index in [1.807, 2.05) is 6.92 Å². The predicted octanol–water partition coefficient (Wildman–Crippen LogP) is 1.48. The molecule has 1 atom stereocenters. The molecule has 1 unspecified atom stereocenters. The van der Waals surface area contributed by atoms with Crippen LogP contribution in [0.1, 0.15) is 19.0 Å². The lowest BCUT2D eigenvalue weighted by Crippen LogP contribution is -2.18. The molecule has 1 aromatic heterocycles. The Labute approximate surface area is 93.5 Å². The summed E-state index contributed by atoms with van der Waals surface area (Å²) >= 11 is 0. The van der Waals surface area contributed by atoms with Gasteiger partial charge in [-0.05, 0) is 26.3 Å². The third-order valence-corrected chi connectivity index (χ3v) is 2.16. The van der Waals surface area contributed by atoms with E-state index in [-0.39, 0.29) is 24.2 Å². The van der Waals surface area contributed by atoms with Crippen LogP contribution in [0.2, 0.25) is 0 Å². The second-order valence-electron chi connectivity index (χ2n) is 3.64. The van der Waals surface area contributed by atoms with Crippen molar-refractivity contribution in [2.75, 3.05) is 11.9 Å². The van der Waals surface area contributed by atoms with Gasteiger partial charge in [0.2, 0.25) is 5.82 Å². The van der Waals surface area contributed by atoms with Crippen LogP contribution < -0.4 is 5.32 Å². The summed E-state index contributed by atoms with van der Waals surface area (Å²) in [5.41, 5.74) is 0.666. The maximum Gasteiger partial charge on any atom is 0.311 e. The van der Waals surface area contributed by atoms with E-state index in [2.05, 4.69) is 10.3 Å². The lowest BCUT2D eigenvalue weighted by atomic mass is 10.2. The van der Waals surface area contributed by atoms with Crippen LogP contribution in [0.4, 0.5) is 11.5 Å². The van der Waals surface area contributed by atoms with E-state index in [0.29, 0.717) is 12.1 Å². The molecule has 0 fully saturated rings. The molecular weight excluding hydrogens is 210 g/mol. The van der Waals surface area contributed by atoms with E-state index in [9.17, 15) is 10.1 Å². The maximum absolute atomic E-state index is 10.7. The van der Waals surface area contributed by atoms with E-state index < -0.39 is 4.92 Å². The van der Waals surface area contributed by atoms with Crippen molar-refractivity contribution in [3.05, 3.63) is 27.9 Å². The fourth-order valence-corrected chi connectivity index (χ4v) is 1.30. The molecule has 0 aliphatic heterocycles. The van der Waals surface area contributed by atoms with E-state index in [0.717, 1.165) is 0 Å². The summed E-state index contributed by atoms with van der Waals surface area (Å²) in [5.74, 6) is 0.256. The van der Waals surface area contributed by atoms with Crippen LogP contribution in [-0.4, -0.2) is 27.7 Å². The Bertz CT molecular complexity index is 382. The number of aromatic nitrogens is 1. The number of aliphatic hydroxyl groups excluding tert-OH is 1. The zero-order valence-corrected chi connectivity index (χ0v) is 9.30. The number of anilines is 1. The standard InChI is InChI=1S/C10H15N3O3/c1-7-3-4-9(13(15)16)10(11-7)12-8(2)5-6-14/h3-4,8,14H,5-6H2,1-2H3,(H,11,12). The first-order chi connectivity index (χ1) is 7.54. The number of nitrogens with one attached hydrogen (secondary N) is 1. The molecule has 1 rings (SSSR count). The SMILES string of the molecule is Cc1ccc([N+](=O)[O-])c(NC(C)CCO)n1. The largest absolute Gasteiger partial charge is 0.396 e. The monoisotopic (exact) mass is 225 g/mol. The maximum atomic E-state index is 10.7. The number of hydrogen-bond acceptors (Lipinski definition) is 5. The zero-order chi connectivity index (χ0) is 12.1. The zero-order valence-electron chi connectivity index (χ0n) is 9.30. The summed E-state index contributed by atoms with van der Waals surface area (Å²) < 4.78 is 0. The van der Waals surface area contributed by atoms with Gasteiger partial charge in [-0.1, -0.05) is 0 Å². The number of nitro groups is 1. The van der Waals surface area contributed by atoms with Crippen LogP contribution in [0.5, 0.6) is 0 Å². The third kappa shape index (κ3) is 3.16. The highest BCUT2D eigenvalue weighted by molar-refractivity contribution is 5.56. The fourth-order valence-electron chi connectivity index (χ4n) is 1.30. The van der Waals surface area contributed by atoms with E-state index in [1.165, 1.54) is 6.07 Å². The fraction of sp³-hybridized carbons (Fsp3) is 0.500. The quantitative estimate of drug-likeness (QED) is 0.585. The van der Waals surface area contributed by atoms with Gasteiger partial charge in [0.25, 0.3) is 0 Å². The van der Waals surface area contributed by atoms with Crippen LogP contribution in [0.3, 0.4) is 0 Å². The van der Waals surface area contributed by atoms with Crippen molar-refractivity contribution in [2.24, 2.45) is 0 Å². The Morgan fingerprint density at radius 2 is 2.31 bits per heavy atom. The van der Waals surface area contributed by atoms with E-state index >= 15 is 0 Å². The van der Waals surface area contributed by atoms with E-state index in [4.69, 9.17) is 5.11 Å².